The number of hydrogen-bond donors (Lipinski definition) is 1. The SMILES string of the molecule is Cc1ccc(NC(=O)COc2ccccc2C(C)C)cc1S(=O)(=O)N(C)C. The minimum atomic E-state index is -3.59. The Morgan fingerprint density at radius 2 is 1.81 bits per heavy atom. The van der Waals surface area contributed by atoms with Crippen molar-refractivity contribution in [2.75, 3.05) is 26.0 Å². The van der Waals surface area contributed by atoms with Crippen molar-refractivity contribution in [2.45, 2.75) is 31.6 Å². The number of sulfonamides is 1. The second kappa shape index (κ2) is 8.54. The molecule has 0 aliphatic heterocycles. The van der Waals surface area contributed by atoms with E-state index in [2.05, 4.69) is 19.2 Å². The largest absolute Gasteiger partial charge is 0.483 e. The van der Waals surface area contributed by atoms with E-state index >= 15 is 0 Å². The molecule has 2 aromatic carbocycles. The van der Waals surface area contributed by atoms with Gasteiger partial charge in [-0.15, -0.1) is 0 Å². The zero-order valence-electron chi connectivity index (χ0n) is 16.3. The van der Waals surface area contributed by atoms with Crippen LogP contribution in [0.1, 0.15) is 30.9 Å². The molecule has 0 aliphatic carbocycles. The van der Waals surface area contributed by atoms with Crippen LogP contribution in [-0.4, -0.2) is 39.3 Å². The van der Waals surface area contributed by atoms with Gasteiger partial charge in [-0.1, -0.05) is 38.1 Å². The van der Waals surface area contributed by atoms with Crippen molar-refractivity contribution < 1.29 is 17.9 Å². The van der Waals surface area contributed by atoms with Gasteiger partial charge in [0.15, 0.2) is 6.61 Å². The van der Waals surface area contributed by atoms with Gasteiger partial charge in [-0.2, -0.15) is 0 Å². The molecule has 0 spiro atoms. The van der Waals surface area contributed by atoms with Crippen LogP contribution >= 0.6 is 0 Å². The number of hydrogen-bond acceptors (Lipinski definition) is 4. The van der Waals surface area contributed by atoms with Gasteiger partial charge in [-0.25, -0.2) is 12.7 Å². The van der Waals surface area contributed by atoms with Crippen LogP contribution in [0.3, 0.4) is 0 Å². The predicted octanol–water partition coefficient (Wildman–Crippen LogP) is 3.39. The number of carbonyl (C=O) groups excluding carboxylic acids is 1. The van der Waals surface area contributed by atoms with Gasteiger partial charge in [0.05, 0.1) is 4.90 Å². The molecule has 2 aromatic rings. The van der Waals surface area contributed by atoms with E-state index in [0.29, 0.717) is 17.0 Å². The van der Waals surface area contributed by atoms with Crippen LogP contribution in [0.4, 0.5) is 5.69 Å². The Bertz CT molecular complexity index is 921. The lowest BCUT2D eigenvalue weighted by molar-refractivity contribution is -0.118. The minimum Gasteiger partial charge on any atom is -0.483 e. The summed E-state index contributed by atoms with van der Waals surface area (Å²) in [5.74, 6) is 0.591. The molecule has 146 valence electrons. The van der Waals surface area contributed by atoms with E-state index in [0.717, 1.165) is 9.87 Å². The Labute approximate surface area is 161 Å². The van der Waals surface area contributed by atoms with Crippen molar-refractivity contribution in [3.63, 3.8) is 0 Å². The van der Waals surface area contributed by atoms with E-state index in [-0.39, 0.29) is 23.3 Å². The fraction of sp³-hybridized carbons (Fsp3) is 0.350. The first-order valence-corrected chi connectivity index (χ1v) is 10.1. The first kappa shape index (κ1) is 20.9. The normalized spacial score (nSPS) is 11.7. The molecule has 1 N–H and O–H groups in total. The number of nitrogens with zero attached hydrogens (tertiary/aromatic N) is 1. The standard InChI is InChI=1S/C20H26N2O4S/c1-14(2)17-8-6-7-9-18(17)26-13-20(23)21-16-11-10-15(3)19(12-16)27(24,25)22(4)5/h6-12,14H,13H2,1-5H3,(H,21,23). The first-order chi connectivity index (χ1) is 12.6. The lowest BCUT2D eigenvalue weighted by Gasteiger charge is -2.16. The summed E-state index contributed by atoms with van der Waals surface area (Å²) in [5, 5.41) is 2.69. The van der Waals surface area contributed by atoms with Crippen LogP contribution in [-0.2, 0) is 14.8 Å². The summed E-state index contributed by atoms with van der Waals surface area (Å²) in [5.41, 5.74) is 2.05. The third-order valence-electron chi connectivity index (χ3n) is 4.13. The summed E-state index contributed by atoms with van der Waals surface area (Å²) in [6.07, 6.45) is 0. The lowest BCUT2D eigenvalue weighted by atomic mass is 10.0. The van der Waals surface area contributed by atoms with Gasteiger partial charge in [0.2, 0.25) is 10.0 Å². The van der Waals surface area contributed by atoms with Crippen molar-refractivity contribution in [1.82, 2.24) is 4.31 Å². The average molecular weight is 391 g/mol. The molecule has 0 unspecified atom stereocenters. The Balaban J connectivity index is 2.11. The molecule has 0 saturated heterocycles. The summed E-state index contributed by atoms with van der Waals surface area (Å²) >= 11 is 0. The second-order valence-corrected chi connectivity index (χ2v) is 8.92. The Morgan fingerprint density at radius 3 is 2.44 bits per heavy atom. The maximum absolute atomic E-state index is 12.4. The number of para-hydroxylation sites is 1. The molecule has 1 amide bonds. The van der Waals surface area contributed by atoms with Gasteiger partial charge in [-0.05, 0) is 42.2 Å². The van der Waals surface area contributed by atoms with E-state index < -0.39 is 10.0 Å². The topological polar surface area (TPSA) is 75.7 Å². The maximum atomic E-state index is 12.4. The molecule has 0 aliphatic rings. The highest BCUT2D eigenvalue weighted by atomic mass is 32.2. The smallest absolute Gasteiger partial charge is 0.262 e. The van der Waals surface area contributed by atoms with Crippen molar-refractivity contribution in [3.05, 3.63) is 53.6 Å². The zero-order valence-corrected chi connectivity index (χ0v) is 17.1. The summed E-state index contributed by atoms with van der Waals surface area (Å²) in [6, 6.07) is 12.4. The average Bonchev–Trinajstić information content (AvgIpc) is 2.61. The van der Waals surface area contributed by atoms with Gasteiger partial charge in [0.25, 0.3) is 5.91 Å². The first-order valence-electron chi connectivity index (χ1n) is 8.67. The van der Waals surface area contributed by atoms with Crippen molar-refractivity contribution >= 4 is 21.6 Å². The molecular weight excluding hydrogens is 364 g/mol. The molecule has 0 heterocycles. The highest BCUT2D eigenvalue weighted by Gasteiger charge is 2.20. The van der Waals surface area contributed by atoms with Crippen LogP contribution in [0.15, 0.2) is 47.4 Å². The van der Waals surface area contributed by atoms with Crippen LogP contribution in [0.2, 0.25) is 0 Å². The van der Waals surface area contributed by atoms with Crippen LogP contribution in [0.25, 0.3) is 0 Å². The number of benzene rings is 2. The number of carbonyl (C=O) groups is 1. The number of nitrogens with one attached hydrogen (secondary N) is 1. The van der Waals surface area contributed by atoms with Crippen LogP contribution < -0.4 is 10.1 Å². The number of ether oxygens (including phenoxy) is 1. The fourth-order valence-corrected chi connectivity index (χ4v) is 3.73. The van der Waals surface area contributed by atoms with E-state index in [1.807, 2.05) is 24.3 Å². The minimum absolute atomic E-state index is 0.159. The fourth-order valence-electron chi connectivity index (χ4n) is 2.58. The molecule has 0 fully saturated rings. The quantitative estimate of drug-likeness (QED) is 0.786. The molecule has 2 rings (SSSR count). The van der Waals surface area contributed by atoms with E-state index in [1.165, 1.54) is 20.2 Å². The number of anilines is 1. The number of amides is 1. The number of rotatable bonds is 7. The molecular formula is C20H26N2O4S. The van der Waals surface area contributed by atoms with E-state index in [9.17, 15) is 13.2 Å². The van der Waals surface area contributed by atoms with E-state index in [4.69, 9.17) is 4.74 Å². The molecule has 0 radical (unpaired) electrons. The summed E-state index contributed by atoms with van der Waals surface area (Å²) in [7, 11) is -0.641. The molecule has 6 nitrogen and oxygen atoms in total. The van der Waals surface area contributed by atoms with Gasteiger partial charge in [-0.3, -0.25) is 4.79 Å². The van der Waals surface area contributed by atoms with Crippen molar-refractivity contribution in [2.24, 2.45) is 0 Å². The van der Waals surface area contributed by atoms with Crippen molar-refractivity contribution in [1.29, 1.82) is 0 Å². The van der Waals surface area contributed by atoms with Gasteiger partial charge in [0, 0.05) is 19.8 Å². The third-order valence-corrected chi connectivity index (χ3v) is 6.09. The van der Waals surface area contributed by atoms with Crippen LogP contribution in [0.5, 0.6) is 5.75 Å². The molecule has 27 heavy (non-hydrogen) atoms. The Morgan fingerprint density at radius 1 is 1.15 bits per heavy atom. The zero-order chi connectivity index (χ0) is 20.2. The Hall–Kier alpha value is -2.38. The van der Waals surface area contributed by atoms with Gasteiger partial charge >= 0.3 is 0 Å². The summed E-state index contributed by atoms with van der Waals surface area (Å²) < 4.78 is 31.6. The predicted molar refractivity (Wildman–Crippen MR) is 107 cm³/mol. The number of aryl methyl sites for hydroxylation is 1. The summed E-state index contributed by atoms with van der Waals surface area (Å²) in [4.78, 5) is 12.4. The molecule has 0 bridgehead atoms. The molecule has 0 atom stereocenters. The highest BCUT2D eigenvalue weighted by Crippen LogP contribution is 2.26. The molecule has 0 saturated carbocycles. The maximum Gasteiger partial charge on any atom is 0.262 e. The lowest BCUT2D eigenvalue weighted by Crippen LogP contribution is -2.24. The van der Waals surface area contributed by atoms with E-state index in [1.54, 1.807) is 19.1 Å². The van der Waals surface area contributed by atoms with Gasteiger partial charge < -0.3 is 10.1 Å². The van der Waals surface area contributed by atoms with Gasteiger partial charge in [0.1, 0.15) is 5.75 Å². The third kappa shape index (κ3) is 5.08. The monoisotopic (exact) mass is 390 g/mol. The summed E-state index contributed by atoms with van der Waals surface area (Å²) in [6.45, 7) is 5.67. The highest BCUT2D eigenvalue weighted by molar-refractivity contribution is 7.89. The molecule has 7 heteroatoms. The van der Waals surface area contributed by atoms with Crippen LogP contribution in [0, 0.1) is 6.92 Å². The van der Waals surface area contributed by atoms with Crippen molar-refractivity contribution in [3.8, 4) is 5.75 Å². The second-order valence-electron chi connectivity index (χ2n) is 6.80. The Kier molecular flexibility index (Phi) is 6.62. The molecule has 0 aromatic heterocycles.